The van der Waals surface area contributed by atoms with Gasteiger partial charge in [-0.1, -0.05) is 35.6 Å². The van der Waals surface area contributed by atoms with E-state index in [4.69, 9.17) is 4.74 Å². The predicted octanol–water partition coefficient (Wildman–Crippen LogP) is 4.53. The van der Waals surface area contributed by atoms with E-state index < -0.39 is 0 Å². The summed E-state index contributed by atoms with van der Waals surface area (Å²) in [5, 5.41) is 0.672. The summed E-state index contributed by atoms with van der Waals surface area (Å²) in [5.74, 6) is 0.965. The Kier molecular flexibility index (Phi) is 5.59. The van der Waals surface area contributed by atoms with Crippen LogP contribution < -0.4 is 4.74 Å². The van der Waals surface area contributed by atoms with Crippen LogP contribution in [0.5, 0.6) is 10.9 Å². The fourth-order valence-electron chi connectivity index (χ4n) is 3.64. The fourth-order valence-corrected chi connectivity index (χ4v) is 4.47. The van der Waals surface area contributed by atoms with Crippen molar-refractivity contribution >= 4 is 27.5 Å². The quantitative estimate of drug-likeness (QED) is 0.637. The second-order valence-corrected chi connectivity index (χ2v) is 8.32. The molecule has 4 rings (SSSR count). The molecule has 1 aliphatic rings. The van der Waals surface area contributed by atoms with Crippen molar-refractivity contribution < 1.29 is 9.53 Å². The van der Waals surface area contributed by atoms with Crippen LogP contribution in [0.3, 0.4) is 0 Å². The lowest BCUT2D eigenvalue weighted by molar-refractivity contribution is -0.130. The molecule has 0 unspecified atom stereocenters. The first-order chi connectivity index (χ1) is 13.6. The van der Waals surface area contributed by atoms with Gasteiger partial charge in [-0.2, -0.15) is 0 Å². The lowest BCUT2D eigenvalue weighted by Crippen LogP contribution is -2.44. The molecular weight excluding hydrogens is 370 g/mol. The first-order valence-corrected chi connectivity index (χ1v) is 10.5. The number of aromatic nitrogens is 1. The molecule has 0 N–H and O–H groups in total. The standard InChI is InChI=1S/C22H25N3O2S/c1-16(26)24(2)18-11-13-25(14-12-18)15-17-7-9-19(10-8-17)27-22-23-20-5-3-4-6-21(20)28-22/h3-10,18H,11-15H2,1-2H3. The van der Waals surface area contributed by atoms with Crippen LogP contribution in [0.2, 0.25) is 0 Å². The summed E-state index contributed by atoms with van der Waals surface area (Å²) in [6.45, 7) is 4.61. The maximum absolute atomic E-state index is 11.5. The molecule has 2 heterocycles. The minimum Gasteiger partial charge on any atom is -0.431 e. The molecule has 1 aromatic heterocycles. The lowest BCUT2D eigenvalue weighted by atomic mass is 10.0. The number of amides is 1. The Labute approximate surface area is 169 Å². The Hall–Kier alpha value is -2.44. The normalized spacial score (nSPS) is 15.6. The molecule has 0 bridgehead atoms. The van der Waals surface area contributed by atoms with E-state index in [2.05, 4.69) is 28.1 Å². The van der Waals surface area contributed by atoms with E-state index in [0.717, 1.165) is 48.4 Å². The van der Waals surface area contributed by atoms with Crippen LogP contribution in [0.1, 0.15) is 25.3 Å². The fraction of sp³-hybridized carbons (Fsp3) is 0.364. The third-order valence-corrected chi connectivity index (χ3v) is 6.32. The number of thiazole rings is 1. The Morgan fingerprint density at radius 1 is 1.18 bits per heavy atom. The van der Waals surface area contributed by atoms with Crippen molar-refractivity contribution in [1.29, 1.82) is 0 Å². The minimum absolute atomic E-state index is 0.155. The smallest absolute Gasteiger partial charge is 0.279 e. The van der Waals surface area contributed by atoms with Crippen LogP contribution in [0, 0.1) is 0 Å². The molecule has 1 fully saturated rings. The van der Waals surface area contributed by atoms with Gasteiger partial charge in [0.15, 0.2) is 0 Å². The van der Waals surface area contributed by atoms with Gasteiger partial charge in [0.2, 0.25) is 5.91 Å². The zero-order valence-electron chi connectivity index (χ0n) is 16.3. The predicted molar refractivity (Wildman–Crippen MR) is 113 cm³/mol. The van der Waals surface area contributed by atoms with E-state index >= 15 is 0 Å². The number of rotatable bonds is 5. The van der Waals surface area contributed by atoms with E-state index in [0.29, 0.717) is 11.2 Å². The molecule has 146 valence electrons. The highest BCUT2D eigenvalue weighted by Gasteiger charge is 2.23. The average Bonchev–Trinajstić information content (AvgIpc) is 3.12. The van der Waals surface area contributed by atoms with E-state index in [1.165, 1.54) is 5.56 Å². The van der Waals surface area contributed by atoms with Crippen LogP contribution in [0.4, 0.5) is 0 Å². The van der Waals surface area contributed by atoms with E-state index in [1.54, 1.807) is 18.3 Å². The number of carbonyl (C=O) groups is 1. The first-order valence-electron chi connectivity index (χ1n) is 9.66. The molecule has 1 saturated heterocycles. The van der Waals surface area contributed by atoms with Crippen molar-refractivity contribution in [2.24, 2.45) is 0 Å². The van der Waals surface area contributed by atoms with Crippen molar-refractivity contribution in [2.45, 2.75) is 32.4 Å². The van der Waals surface area contributed by atoms with E-state index in [9.17, 15) is 4.79 Å². The summed E-state index contributed by atoms with van der Waals surface area (Å²) in [7, 11) is 1.91. The van der Waals surface area contributed by atoms with Gasteiger partial charge in [-0.3, -0.25) is 9.69 Å². The van der Waals surface area contributed by atoms with Gasteiger partial charge in [0, 0.05) is 39.6 Å². The number of ether oxygens (including phenoxy) is 1. The maximum Gasteiger partial charge on any atom is 0.279 e. The monoisotopic (exact) mass is 395 g/mol. The minimum atomic E-state index is 0.155. The van der Waals surface area contributed by atoms with E-state index in [1.807, 2.05) is 42.3 Å². The number of para-hydroxylation sites is 1. The number of hydrogen-bond acceptors (Lipinski definition) is 5. The largest absolute Gasteiger partial charge is 0.431 e. The summed E-state index contributed by atoms with van der Waals surface area (Å²) in [6.07, 6.45) is 2.07. The molecule has 0 spiro atoms. The highest BCUT2D eigenvalue weighted by atomic mass is 32.1. The number of benzene rings is 2. The molecule has 3 aromatic rings. The third-order valence-electron chi connectivity index (χ3n) is 5.41. The second-order valence-electron chi connectivity index (χ2n) is 7.33. The molecule has 0 aliphatic carbocycles. The van der Waals surface area contributed by atoms with Gasteiger partial charge in [0.05, 0.1) is 10.2 Å². The van der Waals surface area contributed by atoms with Gasteiger partial charge in [0.25, 0.3) is 5.19 Å². The summed E-state index contributed by atoms with van der Waals surface area (Å²) in [5.41, 5.74) is 2.24. The summed E-state index contributed by atoms with van der Waals surface area (Å²) in [6, 6.07) is 16.7. The highest BCUT2D eigenvalue weighted by molar-refractivity contribution is 7.20. The lowest BCUT2D eigenvalue weighted by Gasteiger charge is -2.36. The zero-order chi connectivity index (χ0) is 19.5. The summed E-state index contributed by atoms with van der Waals surface area (Å²) >= 11 is 1.56. The first kappa shape index (κ1) is 18.9. The van der Waals surface area contributed by atoms with Crippen LogP contribution in [-0.4, -0.2) is 46.9 Å². The number of fused-ring (bicyclic) bond motifs is 1. The van der Waals surface area contributed by atoms with E-state index in [-0.39, 0.29) is 5.91 Å². The molecule has 2 aromatic carbocycles. The number of piperidine rings is 1. The molecule has 28 heavy (non-hydrogen) atoms. The van der Waals surface area contributed by atoms with Crippen LogP contribution in [-0.2, 0) is 11.3 Å². The van der Waals surface area contributed by atoms with Crippen molar-refractivity contribution in [3.8, 4) is 10.9 Å². The Balaban J connectivity index is 1.32. The molecule has 6 heteroatoms. The average molecular weight is 396 g/mol. The third kappa shape index (κ3) is 4.34. The van der Waals surface area contributed by atoms with Crippen molar-refractivity contribution in [3.05, 3.63) is 54.1 Å². The topological polar surface area (TPSA) is 45.7 Å². The number of likely N-dealkylation sites (tertiary alicyclic amines) is 1. The van der Waals surface area contributed by atoms with Crippen molar-refractivity contribution in [1.82, 2.24) is 14.8 Å². The highest BCUT2D eigenvalue weighted by Crippen LogP contribution is 2.31. The second kappa shape index (κ2) is 8.29. The Bertz CT molecular complexity index is 913. The van der Waals surface area contributed by atoms with Gasteiger partial charge >= 0.3 is 0 Å². The molecule has 0 atom stereocenters. The Morgan fingerprint density at radius 3 is 2.57 bits per heavy atom. The van der Waals surface area contributed by atoms with Crippen molar-refractivity contribution in [3.63, 3.8) is 0 Å². The molecule has 1 amide bonds. The summed E-state index contributed by atoms with van der Waals surface area (Å²) < 4.78 is 7.06. The van der Waals surface area contributed by atoms with Crippen LogP contribution in [0.15, 0.2) is 48.5 Å². The van der Waals surface area contributed by atoms with Crippen LogP contribution in [0.25, 0.3) is 10.2 Å². The number of hydrogen-bond donors (Lipinski definition) is 0. The van der Waals surface area contributed by atoms with Crippen molar-refractivity contribution in [2.75, 3.05) is 20.1 Å². The van der Waals surface area contributed by atoms with Gasteiger partial charge in [-0.25, -0.2) is 4.98 Å². The van der Waals surface area contributed by atoms with Gasteiger partial charge in [-0.15, -0.1) is 0 Å². The molecule has 1 aliphatic heterocycles. The van der Waals surface area contributed by atoms with Gasteiger partial charge < -0.3 is 9.64 Å². The van der Waals surface area contributed by atoms with Gasteiger partial charge in [-0.05, 0) is 42.7 Å². The molecule has 0 saturated carbocycles. The van der Waals surface area contributed by atoms with Crippen LogP contribution >= 0.6 is 11.3 Å². The molecular formula is C22H25N3O2S. The molecule has 0 radical (unpaired) electrons. The van der Waals surface area contributed by atoms with Gasteiger partial charge in [0.1, 0.15) is 5.75 Å². The maximum atomic E-state index is 11.5. The SMILES string of the molecule is CC(=O)N(C)C1CCN(Cc2ccc(Oc3nc4ccccc4s3)cc2)CC1. The summed E-state index contributed by atoms with van der Waals surface area (Å²) in [4.78, 5) is 20.4. The number of carbonyl (C=O) groups excluding carboxylic acids is 1. The molecule has 5 nitrogen and oxygen atoms in total. The number of nitrogens with zero attached hydrogens (tertiary/aromatic N) is 3. The zero-order valence-corrected chi connectivity index (χ0v) is 17.1. The Morgan fingerprint density at radius 2 is 1.89 bits per heavy atom.